The molecule has 0 radical (unpaired) electrons. The summed E-state index contributed by atoms with van der Waals surface area (Å²) in [6.07, 6.45) is 2.07. The Kier molecular flexibility index (Phi) is 8.88. The number of nitrogens with one attached hydrogen (secondary N) is 1. The van der Waals surface area contributed by atoms with Crippen molar-refractivity contribution in [2.75, 3.05) is 7.11 Å². The molecule has 0 aromatic rings. The summed E-state index contributed by atoms with van der Waals surface area (Å²) < 4.78 is 49.1. The molecule has 11 heteroatoms. The lowest BCUT2D eigenvalue weighted by Gasteiger charge is -2.40. The fraction of sp³-hybridized carbons (Fsp3) is 0.950. The summed E-state index contributed by atoms with van der Waals surface area (Å²) in [5.41, 5.74) is 0. The molecule has 0 bridgehead atoms. The number of sulfonamides is 1. The van der Waals surface area contributed by atoms with Crippen LogP contribution in [0, 0.1) is 5.92 Å². The van der Waals surface area contributed by atoms with Crippen molar-refractivity contribution in [2.45, 2.75) is 104 Å². The summed E-state index contributed by atoms with van der Waals surface area (Å²) >= 11 is 12.7. The van der Waals surface area contributed by atoms with Gasteiger partial charge in [0.05, 0.1) is 40.2 Å². The Labute approximate surface area is 193 Å². The van der Waals surface area contributed by atoms with Crippen LogP contribution in [0.15, 0.2) is 0 Å². The van der Waals surface area contributed by atoms with Gasteiger partial charge in [-0.25, -0.2) is 17.9 Å². The molecule has 3 rings (SSSR count). The highest BCUT2D eigenvalue weighted by Gasteiger charge is 2.43. The highest BCUT2D eigenvalue weighted by atomic mass is 35.5. The summed E-state index contributed by atoms with van der Waals surface area (Å²) in [4.78, 5) is 13.1. The number of hydrogen-bond donors (Lipinski definition) is 2. The van der Waals surface area contributed by atoms with Crippen molar-refractivity contribution in [3.05, 3.63) is 0 Å². The minimum Gasteiger partial charge on any atom is -0.378 e. The van der Waals surface area contributed by atoms with Crippen molar-refractivity contribution < 1.29 is 27.1 Å². The van der Waals surface area contributed by atoms with Crippen molar-refractivity contribution in [2.24, 2.45) is 11.1 Å². The lowest BCUT2D eigenvalue weighted by atomic mass is 9.83. The third-order valence-corrected chi connectivity index (χ3v) is 9.34. The zero-order chi connectivity index (χ0) is 22.8. The van der Waals surface area contributed by atoms with Gasteiger partial charge in [-0.15, -0.1) is 23.2 Å². The van der Waals surface area contributed by atoms with E-state index in [0.717, 1.165) is 0 Å². The monoisotopic (exact) mass is 502 g/mol. The Balaban J connectivity index is 1.63. The van der Waals surface area contributed by atoms with Crippen LogP contribution >= 0.6 is 23.2 Å². The minimum atomic E-state index is -3.64. The van der Waals surface area contributed by atoms with E-state index in [4.69, 9.17) is 37.8 Å². The van der Waals surface area contributed by atoms with Crippen molar-refractivity contribution >= 4 is 39.1 Å². The number of nitrogens with two attached hydrogens (primary N) is 1. The zero-order valence-electron chi connectivity index (χ0n) is 17.7. The van der Waals surface area contributed by atoms with E-state index in [0.29, 0.717) is 51.4 Å². The molecule has 3 saturated carbocycles. The largest absolute Gasteiger partial charge is 0.378 e. The molecule has 1 amide bonds. The number of rotatable bonds is 6. The van der Waals surface area contributed by atoms with Crippen molar-refractivity contribution in [3.8, 4) is 0 Å². The fourth-order valence-corrected chi connectivity index (χ4v) is 6.64. The number of primary sulfonamides is 1. The quantitative estimate of drug-likeness (QED) is 0.542. The normalized spacial score (nSPS) is 42.2. The van der Waals surface area contributed by atoms with Gasteiger partial charge in [0.15, 0.2) is 0 Å². The van der Waals surface area contributed by atoms with E-state index >= 15 is 0 Å². The maximum absolute atomic E-state index is 14.3. The molecule has 3 aliphatic rings. The number of amides is 1. The number of alkyl halides is 3. The third-order valence-electron chi connectivity index (χ3n) is 6.89. The van der Waals surface area contributed by atoms with Crippen molar-refractivity contribution in [3.63, 3.8) is 0 Å². The average Bonchev–Trinajstić information content (AvgIpc) is 2.70. The lowest BCUT2D eigenvalue weighted by molar-refractivity contribution is -0.141. The van der Waals surface area contributed by atoms with Gasteiger partial charge < -0.3 is 14.8 Å². The van der Waals surface area contributed by atoms with E-state index in [2.05, 4.69) is 5.32 Å². The molecule has 0 heterocycles. The molecule has 9 atom stereocenters. The molecule has 3 fully saturated rings. The standard InChI is InChI=1S/C20H33Cl2FN2O5S/c1-29-18-6-5-12(8-17(18)23)30-19-10-16(22)15(21)9-14(19)20(26)25-11-3-2-4-13(7-11)31(24,27)28/h11-19H,2-10H2,1H3,(H,25,26)(H2,24,27,28). The average molecular weight is 503 g/mol. The smallest absolute Gasteiger partial charge is 0.226 e. The van der Waals surface area contributed by atoms with Gasteiger partial charge >= 0.3 is 0 Å². The molecule has 0 aromatic heterocycles. The van der Waals surface area contributed by atoms with Crippen LogP contribution < -0.4 is 10.5 Å². The molecule has 9 unspecified atom stereocenters. The van der Waals surface area contributed by atoms with E-state index in [1.807, 2.05) is 0 Å². The Hall–Kier alpha value is -0.190. The zero-order valence-corrected chi connectivity index (χ0v) is 20.0. The summed E-state index contributed by atoms with van der Waals surface area (Å²) in [6, 6.07) is -0.264. The van der Waals surface area contributed by atoms with E-state index in [1.54, 1.807) is 0 Å². The second-order valence-electron chi connectivity index (χ2n) is 9.09. The number of carbonyl (C=O) groups is 1. The third kappa shape index (κ3) is 6.67. The van der Waals surface area contributed by atoms with E-state index < -0.39 is 39.6 Å². The Bertz CT molecular complexity index is 730. The Morgan fingerprint density at radius 1 is 1.03 bits per heavy atom. The second-order valence-corrected chi connectivity index (χ2v) is 12.1. The summed E-state index contributed by atoms with van der Waals surface area (Å²) in [6.45, 7) is 0. The molecule has 0 aliphatic heterocycles. The first-order valence-corrected chi connectivity index (χ1v) is 13.5. The summed E-state index contributed by atoms with van der Waals surface area (Å²) in [7, 11) is -2.13. The molecule has 7 nitrogen and oxygen atoms in total. The molecular formula is C20H33Cl2FN2O5S. The first kappa shape index (κ1) is 25.4. The highest BCUT2D eigenvalue weighted by Crippen LogP contribution is 2.37. The molecule has 3 aliphatic carbocycles. The van der Waals surface area contributed by atoms with Gasteiger partial charge in [0.1, 0.15) is 6.17 Å². The summed E-state index contributed by atoms with van der Waals surface area (Å²) in [5, 5.41) is 6.93. The van der Waals surface area contributed by atoms with Crippen LogP contribution in [0.2, 0.25) is 0 Å². The van der Waals surface area contributed by atoms with Crippen LogP contribution in [0.5, 0.6) is 0 Å². The number of methoxy groups -OCH3 is 1. The Morgan fingerprint density at radius 2 is 1.74 bits per heavy atom. The first-order chi connectivity index (χ1) is 14.6. The van der Waals surface area contributed by atoms with Crippen LogP contribution in [-0.4, -0.2) is 68.0 Å². The number of ether oxygens (including phenoxy) is 2. The number of hydrogen-bond acceptors (Lipinski definition) is 5. The van der Waals surface area contributed by atoms with Crippen LogP contribution in [0.25, 0.3) is 0 Å². The number of carbonyl (C=O) groups excluding carboxylic acids is 1. The Morgan fingerprint density at radius 3 is 2.39 bits per heavy atom. The van der Waals surface area contributed by atoms with Gasteiger partial charge in [-0.3, -0.25) is 4.79 Å². The number of halogens is 3. The van der Waals surface area contributed by atoms with Crippen LogP contribution in [0.4, 0.5) is 4.39 Å². The molecule has 180 valence electrons. The topological polar surface area (TPSA) is 108 Å². The van der Waals surface area contributed by atoms with Crippen LogP contribution in [0.3, 0.4) is 0 Å². The molecule has 3 N–H and O–H groups in total. The molecule has 0 spiro atoms. The van der Waals surface area contributed by atoms with Gasteiger partial charge in [-0.1, -0.05) is 6.42 Å². The van der Waals surface area contributed by atoms with Gasteiger partial charge in [-0.05, 0) is 44.9 Å². The predicted molar refractivity (Wildman–Crippen MR) is 118 cm³/mol. The van der Waals surface area contributed by atoms with Gasteiger partial charge in [0, 0.05) is 19.6 Å². The predicted octanol–water partition coefficient (Wildman–Crippen LogP) is 2.62. The van der Waals surface area contributed by atoms with Gasteiger partial charge in [0.25, 0.3) is 0 Å². The van der Waals surface area contributed by atoms with Crippen molar-refractivity contribution in [1.82, 2.24) is 5.32 Å². The highest BCUT2D eigenvalue weighted by molar-refractivity contribution is 7.89. The minimum absolute atomic E-state index is 0.221. The molecule has 0 saturated heterocycles. The van der Waals surface area contributed by atoms with Crippen LogP contribution in [0.1, 0.15) is 57.8 Å². The van der Waals surface area contributed by atoms with Gasteiger partial charge in [0.2, 0.25) is 15.9 Å². The second kappa shape index (κ2) is 10.8. The molecular weight excluding hydrogens is 470 g/mol. The lowest BCUT2D eigenvalue weighted by Crippen LogP contribution is -2.51. The maximum atomic E-state index is 14.3. The SMILES string of the molecule is COC1CCC(OC2CC(Cl)C(Cl)CC2C(=O)NC2CCCC(S(N)(=O)=O)C2)CC1F. The van der Waals surface area contributed by atoms with Gasteiger partial charge in [-0.2, -0.15) is 0 Å². The van der Waals surface area contributed by atoms with E-state index in [1.165, 1.54) is 7.11 Å². The molecule has 31 heavy (non-hydrogen) atoms. The maximum Gasteiger partial charge on any atom is 0.226 e. The first-order valence-electron chi connectivity index (χ1n) is 11.0. The molecule has 0 aromatic carbocycles. The van der Waals surface area contributed by atoms with Crippen LogP contribution in [-0.2, 0) is 24.3 Å². The van der Waals surface area contributed by atoms with E-state index in [9.17, 15) is 17.6 Å². The summed E-state index contributed by atoms with van der Waals surface area (Å²) in [5.74, 6) is -0.743. The van der Waals surface area contributed by atoms with Crippen molar-refractivity contribution in [1.29, 1.82) is 0 Å². The van der Waals surface area contributed by atoms with E-state index in [-0.39, 0.29) is 35.2 Å². The fourth-order valence-electron chi connectivity index (χ4n) is 5.07.